The predicted molar refractivity (Wildman–Crippen MR) is 64.3 cm³/mol. The maximum atomic E-state index is 11.8. The van der Waals surface area contributed by atoms with Crippen LogP contribution in [0.2, 0.25) is 0 Å². The third kappa shape index (κ3) is 3.67. The van der Waals surface area contributed by atoms with E-state index >= 15 is 0 Å². The normalized spacial score (nSPS) is 26.9. The molecule has 3 nitrogen and oxygen atoms in total. The first-order chi connectivity index (χ1) is 6.83. The topological polar surface area (TPSA) is 29.5 Å². The molecular weight excluding hydrogens is 258 g/mol. The summed E-state index contributed by atoms with van der Waals surface area (Å²) in [6.07, 6.45) is 0.901. The molecule has 0 radical (unpaired) electrons. The number of carbonyl (C=O) groups excluding carboxylic acids is 1. The number of hydrogen-bond acceptors (Lipinski definition) is 2. The van der Waals surface area contributed by atoms with Crippen molar-refractivity contribution in [1.29, 1.82) is 0 Å². The number of carbonyl (C=O) groups is 1. The van der Waals surface area contributed by atoms with E-state index in [1.807, 2.05) is 20.8 Å². The lowest BCUT2D eigenvalue weighted by atomic mass is 10.1. The van der Waals surface area contributed by atoms with Crippen molar-refractivity contribution in [3.63, 3.8) is 0 Å². The number of likely N-dealkylation sites (tertiary alicyclic amines) is 1. The van der Waals surface area contributed by atoms with Crippen molar-refractivity contribution in [2.75, 3.05) is 13.1 Å². The Morgan fingerprint density at radius 2 is 2.07 bits per heavy atom. The van der Waals surface area contributed by atoms with Gasteiger partial charge < -0.3 is 9.64 Å². The van der Waals surface area contributed by atoms with Gasteiger partial charge in [0.05, 0.1) is 0 Å². The highest BCUT2D eigenvalue weighted by atomic mass is 79.9. The Hall–Kier alpha value is -0.250. The van der Waals surface area contributed by atoms with Crippen molar-refractivity contribution in [3.05, 3.63) is 0 Å². The Labute approximate surface area is 100 Å². The van der Waals surface area contributed by atoms with Gasteiger partial charge in [-0.05, 0) is 26.7 Å². The number of ether oxygens (including phenoxy) is 1. The summed E-state index contributed by atoms with van der Waals surface area (Å²) in [6, 6.07) is 0. The van der Waals surface area contributed by atoms with Gasteiger partial charge in [-0.3, -0.25) is 0 Å². The van der Waals surface area contributed by atoms with Crippen LogP contribution in [-0.2, 0) is 4.74 Å². The zero-order valence-corrected chi connectivity index (χ0v) is 11.5. The number of amides is 1. The van der Waals surface area contributed by atoms with Crippen LogP contribution in [0.4, 0.5) is 4.79 Å². The minimum Gasteiger partial charge on any atom is -0.444 e. The summed E-state index contributed by atoms with van der Waals surface area (Å²) >= 11 is 3.60. The van der Waals surface area contributed by atoms with E-state index in [1.165, 1.54) is 0 Å². The first-order valence-corrected chi connectivity index (χ1v) is 6.37. The van der Waals surface area contributed by atoms with Gasteiger partial charge >= 0.3 is 6.09 Å². The first kappa shape index (κ1) is 12.8. The first-order valence-electron chi connectivity index (χ1n) is 5.45. The monoisotopic (exact) mass is 277 g/mol. The maximum absolute atomic E-state index is 11.8. The van der Waals surface area contributed by atoms with Gasteiger partial charge in [-0.15, -0.1) is 0 Å². The molecule has 0 aromatic rings. The lowest BCUT2D eigenvalue weighted by molar-refractivity contribution is 0.0288. The van der Waals surface area contributed by atoms with E-state index in [0.717, 1.165) is 19.5 Å². The fraction of sp³-hybridized carbons (Fsp3) is 0.909. The highest BCUT2D eigenvalue weighted by Crippen LogP contribution is 2.27. The smallest absolute Gasteiger partial charge is 0.410 e. The molecule has 1 heterocycles. The second-order valence-electron chi connectivity index (χ2n) is 5.07. The second-order valence-corrected chi connectivity index (χ2v) is 6.25. The average Bonchev–Trinajstić information content (AvgIpc) is 2.43. The van der Waals surface area contributed by atoms with Gasteiger partial charge in [0, 0.05) is 17.9 Å². The lowest BCUT2D eigenvalue weighted by Gasteiger charge is -2.24. The van der Waals surface area contributed by atoms with E-state index in [2.05, 4.69) is 22.9 Å². The van der Waals surface area contributed by atoms with Crippen molar-refractivity contribution in [1.82, 2.24) is 4.90 Å². The van der Waals surface area contributed by atoms with Crippen LogP contribution in [0.3, 0.4) is 0 Å². The van der Waals surface area contributed by atoms with Crippen molar-refractivity contribution in [3.8, 4) is 0 Å². The van der Waals surface area contributed by atoms with E-state index in [4.69, 9.17) is 4.74 Å². The molecule has 1 amide bonds. The molecule has 0 aromatic carbocycles. The van der Waals surface area contributed by atoms with Crippen LogP contribution < -0.4 is 0 Å². The van der Waals surface area contributed by atoms with Crippen LogP contribution in [0.15, 0.2) is 0 Å². The van der Waals surface area contributed by atoms with E-state index in [9.17, 15) is 4.79 Å². The molecule has 1 aliphatic heterocycles. The Balaban J connectivity index is 2.50. The van der Waals surface area contributed by atoms with Crippen LogP contribution in [0, 0.1) is 5.92 Å². The molecule has 0 bridgehead atoms. The van der Waals surface area contributed by atoms with Gasteiger partial charge in [-0.2, -0.15) is 0 Å². The van der Waals surface area contributed by atoms with Crippen LogP contribution in [0.1, 0.15) is 34.1 Å². The van der Waals surface area contributed by atoms with Crippen LogP contribution >= 0.6 is 15.9 Å². The van der Waals surface area contributed by atoms with Gasteiger partial charge in [0.1, 0.15) is 5.60 Å². The molecular formula is C11H20BrNO2. The molecule has 1 aliphatic rings. The molecule has 0 N–H and O–H groups in total. The third-order valence-electron chi connectivity index (χ3n) is 2.54. The van der Waals surface area contributed by atoms with Crippen molar-refractivity contribution in [2.24, 2.45) is 5.92 Å². The molecule has 0 aromatic heterocycles. The average molecular weight is 278 g/mol. The molecule has 0 aliphatic carbocycles. The molecule has 1 saturated heterocycles. The standard InChI is InChI=1S/C11H20BrNO2/c1-5-8-6-13(7-9(8)12)10(14)15-11(2,3)4/h8-9H,5-7H2,1-4H3/t8-,9-/m1/s1. The van der Waals surface area contributed by atoms with Gasteiger partial charge in [-0.25, -0.2) is 4.79 Å². The predicted octanol–water partition coefficient (Wildman–Crippen LogP) is 3.03. The highest BCUT2D eigenvalue weighted by molar-refractivity contribution is 9.09. The Morgan fingerprint density at radius 1 is 1.47 bits per heavy atom. The Morgan fingerprint density at radius 3 is 2.47 bits per heavy atom. The number of halogens is 1. The number of nitrogens with zero attached hydrogens (tertiary/aromatic N) is 1. The molecule has 88 valence electrons. The summed E-state index contributed by atoms with van der Waals surface area (Å²) in [5, 5.41) is 0. The summed E-state index contributed by atoms with van der Waals surface area (Å²) in [7, 11) is 0. The molecule has 15 heavy (non-hydrogen) atoms. The number of rotatable bonds is 1. The Bertz CT molecular complexity index is 237. The summed E-state index contributed by atoms with van der Waals surface area (Å²) in [4.78, 5) is 14.0. The third-order valence-corrected chi connectivity index (χ3v) is 3.57. The minimum atomic E-state index is -0.400. The summed E-state index contributed by atoms with van der Waals surface area (Å²) < 4.78 is 5.33. The Kier molecular flexibility index (Phi) is 4.04. The second kappa shape index (κ2) is 4.73. The molecule has 0 saturated carbocycles. The molecule has 0 unspecified atom stereocenters. The summed E-state index contributed by atoms with van der Waals surface area (Å²) in [5.41, 5.74) is -0.400. The molecule has 4 heteroatoms. The van der Waals surface area contributed by atoms with Gasteiger partial charge in [0.25, 0.3) is 0 Å². The molecule has 1 rings (SSSR count). The lowest BCUT2D eigenvalue weighted by Crippen LogP contribution is -2.35. The minimum absolute atomic E-state index is 0.192. The van der Waals surface area contributed by atoms with Crippen molar-refractivity contribution in [2.45, 2.75) is 44.5 Å². The van der Waals surface area contributed by atoms with E-state index in [1.54, 1.807) is 4.90 Å². The van der Waals surface area contributed by atoms with Crippen molar-refractivity contribution >= 4 is 22.0 Å². The zero-order chi connectivity index (χ0) is 11.6. The van der Waals surface area contributed by atoms with Crippen LogP contribution in [0.5, 0.6) is 0 Å². The fourth-order valence-electron chi connectivity index (χ4n) is 1.69. The van der Waals surface area contributed by atoms with Crippen molar-refractivity contribution < 1.29 is 9.53 Å². The molecule has 2 atom stereocenters. The van der Waals surface area contributed by atoms with E-state index < -0.39 is 5.60 Å². The highest BCUT2D eigenvalue weighted by Gasteiger charge is 2.34. The SMILES string of the molecule is CC[C@@H]1CN(C(=O)OC(C)(C)C)C[C@H]1Br. The summed E-state index contributed by atoms with van der Waals surface area (Å²) in [6.45, 7) is 9.39. The zero-order valence-electron chi connectivity index (χ0n) is 9.92. The van der Waals surface area contributed by atoms with E-state index in [-0.39, 0.29) is 6.09 Å². The van der Waals surface area contributed by atoms with E-state index in [0.29, 0.717) is 10.7 Å². The number of alkyl halides is 1. The number of hydrogen-bond donors (Lipinski definition) is 0. The van der Waals surface area contributed by atoms with Crippen LogP contribution in [-0.4, -0.2) is 34.5 Å². The van der Waals surface area contributed by atoms with Gasteiger partial charge in [-0.1, -0.05) is 29.3 Å². The maximum Gasteiger partial charge on any atom is 0.410 e. The molecule has 0 spiro atoms. The fourth-order valence-corrected chi connectivity index (χ4v) is 2.58. The van der Waals surface area contributed by atoms with Crippen LogP contribution in [0.25, 0.3) is 0 Å². The van der Waals surface area contributed by atoms with Gasteiger partial charge in [0.15, 0.2) is 0 Å². The summed E-state index contributed by atoms with van der Waals surface area (Å²) in [5.74, 6) is 0.553. The quantitative estimate of drug-likeness (QED) is 0.690. The molecule has 1 fully saturated rings. The largest absolute Gasteiger partial charge is 0.444 e. The van der Waals surface area contributed by atoms with Gasteiger partial charge in [0.2, 0.25) is 0 Å².